The third-order valence-corrected chi connectivity index (χ3v) is 1.77. The van der Waals surface area contributed by atoms with E-state index >= 15 is 0 Å². The Kier molecular flexibility index (Phi) is 3.97. The van der Waals surface area contributed by atoms with Gasteiger partial charge in [0.25, 0.3) is 0 Å². The molecule has 0 bridgehead atoms. The summed E-state index contributed by atoms with van der Waals surface area (Å²) in [6.45, 7) is 0. The van der Waals surface area contributed by atoms with Crippen LogP contribution >= 0.6 is 0 Å². The van der Waals surface area contributed by atoms with Gasteiger partial charge >= 0.3 is 5.97 Å². The second-order valence-electron chi connectivity index (χ2n) is 2.86. The summed E-state index contributed by atoms with van der Waals surface area (Å²) in [5, 5.41) is 0. The van der Waals surface area contributed by atoms with Crippen molar-refractivity contribution in [3.05, 3.63) is 41.5 Å². The molecule has 0 radical (unpaired) electrons. The molecule has 0 amide bonds. The molecular weight excluding hydrogens is 202 g/mol. The first-order chi connectivity index (χ1) is 7.13. The average molecular weight is 212 g/mol. The van der Waals surface area contributed by atoms with Gasteiger partial charge in [-0.05, 0) is 17.7 Å². The van der Waals surface area contributed by atoms with Crippen LogP contribution in [0.2, 0.25) is 0 Å². The fourth-order valence-electron chi connectivity index (χ4n) is 0.991. The van der Waals surface area contributed by atoms with Crippen molar-refractivity contribution in [1.29, 1.82) is 0 Å². The number of esters is 1. The van der Waals surface area contributed by atoms with Gasteiger partial charge in [0.2, 0.25) is 0 Å². The zero-order valence-corrected chi connectivity index (χ0v) is 8.17. The number of halogens is 2. The Hall–Kier alpha value is -1.71. The van der Waals surface area contributed by atoms with Crippen molar-refractivity contribution in [2.24, 2.45) is 0 Å². The second kappa shape index (κ2) is 5.24. The van der Waals surface area contributed by atoms with Crippen LogP contribution in [0, 0.1) is 11.6 Å². The number of hydrogen-bond acceptors (Lipinski definition) is 2. The standard InChI is InChI=1S/C11H10F2O2/c1-15-11(14)4-2-3-8-5-6-9(12)10(13)7-8/h2-3,5-7H,4H2,1H3. The first-order valence-electron chi connectivity index (χ1n) is 4.32. The van der Waals surface area contributed by atoms with E-state index in [9.17, 15) is 13.6 Å². The van der Waals surface area contributed by atoms with E-state index in [0.717, 1.165) is 12.1 Å². The van der Waals surface area contributed by atoms with Crippen LogP contribution in [-0.4, -0.2) is 13.1 Å². The third kappa shape index (κ3) is 3.50. The molecular formula is C11H10F2O2. The maximum absolute atomic E-state index is 12.7. The Morgan fingerprint density at radius 1 is 1.40 bits per heavy atom. The molecule has 15 heavy (non-hydrogen) atoms. The van der Waals surface area contributed by atoms with Crippen molar-refractivity contribution >= 4 is 12.0 Å². The zero-order valence-electron chi connectivity index (χ0n) is 8.17. The molecule has 0 aliphatic carbocycles. The number of carbonyl (C=O) groups is 1. The minimum absolute atomic E-state index is 0.107. The Labute approximate surface area is 86.2 Å². The maximum Gasteiger partial charge on any atom is 0.309 e. The summed E-state index contributed by atoms with van der Waals surface area (Å²) in [6.07, 6.45) is 3.16. The average Bonchev–Trinajstić information content (AvgIpc) is 2.23. The molecule has 2 nitrogen and oxygen atoms in total. The summed E-state index contributed by atoms with van der Waals surface area (Å²) in [7, 11) is 1.29. The molecule has 0 heterocycles. The third-order valence-electron chi connectivity index (χ3n) is 1.77. The van der Waals surface area contributed by atoms with Crippen molar-refractivity contribution in [2.75, 3.05) is 7.11 Å². The van der Waals surface area contributed by atoms with Gasteiger partial charge in [0.05, 0.1) is 13.5 Å². The number of ether oxygens (including phenoxy) is 1. The lowest BCUT2D eigenvalue weighted by atomic mass is 10.2. The van der Waals surface area contributed by atoms with Gasteiger partial charge in [-0.1, -0.05) is 18.2 Å². The van der Waals surface area contributed by atoms with Gasteiger partial charge in [0, 0.05) is 0 Å². The highest BCUT2D eigenvalue weighted by Gasteiger charge is 2.00. The van der Waals surface area contributed by atoms with E-state index in [1.165, 1.54) is 25.3 Å². The monoisotopic (exact) mass is 212 g/mol. The number of benzene rings is 1. The molecule has 0 saturated carbocycles. The molecule has 0 aliphatic rings. The normalized spacial score (nSPS) is 10.6. The number of carbonyl (C=O) groups excluding carboxylic acids is 1. The second-order valence-corrected chi connectivity index (χ2v) is 2.86. The van der Waals surface area contributed by atoms with Gasteiger partial charge in [-0.2, -0.15) is 0 Å². The van der Waals surface area contributed by atoms with Crippen molar-refractivity contribution in [1.82, 2.24) is 0 Å². The zero-order chi connectivity index (χ0) is 11.3. The van der Waals surface area contributed by atoms with Crippen LogP contribution in [0.5, 0.6) is 0 Å². The summed E-state index contributed by atoms with van der Waals surface area (Å²) in [4.78, 5) is 10.7. The lowest BCUT2D eigenvalue weighted by molar-refractivity contribution is -0.139. The van der Waals surface area contributed by atoms with Crippen LogP contribution in [0.4, 0.5) is 8.78 Å². The van der Waals surface area contributed by atoms with Crippen LogP contribution in [0.3, 0.4) is 0 Å². The van der Waals surface area contributed by atoms with Crippen LogP contribution in [0.25, 0.3) is 6.08 Å². The van der Waals surface area contributed by atoms with Gasteiger partial charge in [-0.15, -0.1) is 0 Å². The molecule has 1 aromatic rings. The van der Waals surface area contributed by atoms with Crippen molar-refractivity contribution < 1.29 is 18.3 Å². The maximum atomic E-state index is 12.7. The van der Waals surface area contributed by atoms with Gasteiger partial charge < -0.3 is 4.74 Å². The lowest BCUT2D eigenvalue weighted by Gasteiger charge is -1.95. The Morgan fingerprint density at radius 3 is 2.73 bits per heavy atom. The van der Waals surface area contributed by atoms with E-state index in [1.807, 2.05) is 0 Å². The molecule has 0 atom stereocenters. The van der Waals surface area contributed by atoms with Crippen molar-refractivity contribution in [3.63, 3.8) is 0 Å². The van der Waals surface area contributed by atoms with Crippen molar-refractivity contribution in [3.8, 4) is 0 Å². The van der Waals surface area contributed by atoms with E-state index in [-0.39, 0.29) is 12.4 Å². The van der Waals surface area contributed by atoms with E-state index in [0.29, 0.717) is 5.56 Å². The Bertz CT molecular complexity index is 386. The molecule has 0 saturated heterocycles. The fraction of sp³-hybridized carbons (Fsp3) is 0.182. The first-order valence-corrected chi connectivity index (χ1v) is 4.32. The first kappa shape index (κ1) is 11.4. The topological polar surface area (TPSA) is 26.3 Å². The fourth-order valence-corrected chi connectivity index (χ4v) is 0.991. The summed E-state index contributed by atoms with van der Waals surface area (Å²) in [5.41, 5.74) is 0.498. The highest BCUT2D eigenvalue weighted by Crippen LogP contribution is 2.10. The Balaban J connectivity index is 2.65. The van der Waals surface area contributed by atoms with E-state index in [4.69, 9.17) is 0 Å². The molecule has 0 aliphatic heterocycles. The molecule has 0 unspecified atom stereocenters. The van der Waals surface area contributed by atoms with Crippen LogP contribution in [0.1, 0.15) is 12.0 Å². The highest BCUT2D eigenvalue weighted by molar-refractivity contribution is 5.72. The molecule has 0 aromatic heterocycles. The molecule has 0 N–H and O–H groups in total. The molecule has 0 fully saturated rings. The molecule has 0 spiro atoms. The van der Waals surface area contributed by atoms with Crippen LogP contribution < -0.4 is 0 Å². The van der Waals surface area contributed by atoms with Gasteiger partial charge in [-0.25, -0.2) is 8.78 Å². The van der Waals surface area contributed by atoms with Gasteiger partial charge in [0.15, 0.2) is 11.6 Å². The smallest absolute Gasteiger partial charge is 0.309 e. The van der Waals surface area contributed by atoms with Crippen LogP contribution in [0.15, 0.2) is 24.3 Å². The van der Waals surface area contributed by atoms with Gasteiger partial charge in [0.1, 0.15) is 0 Å². The minimum Gasteiger partial charge on any atom is -0.469 e. The van der Waals surface area contributed by atoms with Crippen molar-refractivity contribution in [2.45, 2.75) is 6.42 Å². The van der Waals surface area contributed by atoms with E-state index in [1.54, 1.807) is 0 Å². The quantitative estimate of drug-likeness (QED) is 0.719. The lowest BCUT2D eigenvalue weighted by Crippen LogP contribution is -1.96. The minimum atomic E-state index is -0.907. The highest BCUT2D eigenvalue weighted by atomic mass is 19.2. The molecule has 80 valence electrons. The largest absolute Gasteiger partial charge is 0.469 e. The van der Waals surface area contributed by atoms with Gasteiger partial charge in [-0.3, -0.25) is 4.79 Å². The summed E-state index contributed by atoms with van der Waals surface area (Å²) >= 11 is 0. The molecule has 4 heteroatoms. The summed E-state index contributed by atoms with van der Waals surface area (Å²) < 4.78 is 29.7. The predicted molar refractivity (Wildman–Crippen MR) is 52.0 cm³/mol. The SMILES string of the molecule is COC(=O)CC=Cc1ccc(F)c(F)c1. The number of methoxy groups -OCH3 is 1. The van der Waals surface area contributed by atoms with Crippen LogP contribution in [-0.2, 0) is 9.53 Å². The number of hydrogen-bond donors (Lipinski definition) is 0. The summed E-state index contributed by atoms with van der Waals surface area (Å²) in [5.74, 6) is -2.18. The molecule has 1 aromatic carbocycles. The number of rotatable bonds is 3. The Morgan fingerprint density at radius 2 is 2.13 bits per heavy atom. The van der Waals surface area contributed by atoms with E-state index < -0.39 is 11.6 Å². The predicted octanol–water partition coefficient (Wildman–Crippen LogP) is 2.54. The summed E-state index contributed by atoms with van der Waals surface area (Å²) in [6, 6.07) is 3.52. The van der Waals surface area contributed by atoms with E-state index in [2.05, 4.69) is 4.74 Å². The molecule has 1 rings (SSSR count).